The molecule has 0 atom stereocenters. The van der Waals surface area contributed by atoms with E-state index in [0.717, 1.165) is 55.0 Å². The maximum absolute atomic E-state index is 13.8. The largest absolute Gasteiger partial charge is 0.493 e. The van der Waals surface area contributed by atoms with Gasteiger partial charge in [-0.2, -0.15) is 0 Å². The summed E-state index contributed by atoms with van der Waals surface area (Å²) in [6.45, 7) is 8.99. The molecule has 7 nitrogen and oxygen atoms in total. The Hall–Kier alpha value is -2.68. The van der Waals surface area contributed by atoms with E-state index in [9.17, 15) is 4.79 Å². The van der Waals surface area contributed by atoms with Crippen LogP contribution in [0, 0.1) is 13.8 Å². The van der Waals surface area contributed by atoms with E-state index in [2.05, 4.69) is 30.9 Å². The van der Waals surface area contributed by atoms with Gasteiger partial charge in [-0.05, 0) is 43.5 Å². The number of hydrogen-bond donors (Lipinski definition) is 0. The molecule has 1 saturated heterocycles. The molecule has 1 fully saturated rings. The SMILES string of the molecule is COc1cccc(C(=O)N(CCCN2CCOCC2)c2nc3c(C)ccc(C)c3s2)c1OC. The molecule has 8 heteroatoms. The number of aryl methyl sites for hydroxylation is 2. The van der Waals surface area contributed by atoms with E-state index in [1.54, 1.807) is 42.6 Å². The van der Waals surface area contributed by atoms with Crippen LogP contribution in [0.25, 0.3) is 10.2 Å². The van der Waals surface area contributed by atoms with Gasteiger partial charge in [0.25, 0.3) is 5.91 Å². The lowest BCUT2D eigenvalue weighted by molar-refractivity contribution is 0.0376. The van der Waals surface area contributed by atoms with E-state index in [-0.39, 0.29) is 5.91 Å². The van der Waals surface area contributed by atoms with Crippen molar-refractivity contribution in [2.24, 2.45) is 0 Å². The van der Waals surface area contributed by atoms with Gasteiger partial charge in [-0.1, -0.05) is 29.5 Å². The Balaban J connectivity index is 1.68. The quantitative estimate of drug-likeness (QED) is 0.490. The molecule has 2 heterocycles. The standard InChI is InChI=1S/C25H31N3O4S/c1-17-9-10-18(2)23-21(17)26-25(33-23)28(12-6-11-27-13-15-32-16-14-27)24(29)19-7-5-8-20(30-3)22(19)31-4/h5,7-10H,6,11-16H2,1-4H3. The third-order valence-electron chi connectivity index (χ3n) is 6.00. The van der Waals surface area contributed by atoms with E-state index < -0.39 is 0 Å². The molecule has 0 saturated carbocycles. The van der Waals surface area contributed by atoms with Crippen LogP contribution in [0.1, 0.15) is 27.9 Å². The molecule has 4 rings (SSSR count). The van der Waals surface area contributed by atoms with E-state index >= 15 is 0 Å². The zero-order valence-electron chi connectivity index (χ0n) is 19.7. The van der Waals surface area contributed by atoms with E-state index in [0.29, 0.717) is 28.7 Å². The van der Waals surface area contributed by atoms with Crippen molar-refractivity contribution in [2.75, 3.05) is 58.5 Å². The predicted octanol–water partition coefficient (Wildman–Crippen LogP) is 4.30. The van der Waals surface area contributed by atoms with Crippen molar-refractivity contribution in [3.05, 3.63) is 47.0 Å². The van der Waals surface area contributed by atoms with Gasteiger partial charge >= 0.3 is 0 Å². The maximum Gasteiger partial charge on any atom is 0.263 e. The number of rotatable bonds is 8. The zero-order valence-corrected chi connectivity index (χ0v) is 20.5. The highest BCUT2D eigenvalue weighted by Crippen LogP contribution is 2.36. The van der Waals surface area contributed by atoms with Crippen LogP contribution in [0.2, 0.25) is 0 Å². The summed E-state index contributed by atoms with van der Waals surface area (Å²) in [5.74, 6) is 0.839. The number of carbonyl (C=O) groups excluding carboxylic acids is 1. The summed E-state index contributed by atoms with van der Waals surface area (Å²) in [7, 11) is 3.13. The van der Waals surface area contributed by atoms with Crippen LogP contribution in [0.4, 0.5) is 5.13 Å². The minimum atomic E-state index is -0.137. The summed E-state index contributed by atoms with van der Waals surface area (Å²) < 4.78 is 17.6. The number of hydrogen-bond acceptors (Lipinski definition) is 7. The minimum absolute atomic E-state index is 0.137. The van der Waals surface area contributed by atoms with Gasteiger partial charge in [0.1, 0.15) is 0 Å². The van der Waals surface area contributed by atoms with Crippen LogP contribution in [-0.2, 0) is 4.74 Å². The smallest absolute Gasteiger partial charge is 0.263 e. The molecule has 0 spiro atoms. The van der Waals surface area contributed by atoms with Gasteiger partial charge in [0.15, 0.2) is 16.6 Å². The van der Waals surface area contributed by atoms with Crippen LogP contribution in [-0.4, -0.2) is 69.4 Å². The highest BCUT2D eigenvalue weighted by atomic mass is 32.1. The number of anilines is 1. The Morgan fingerprint density at radius 1 is 1.12 bits per heavy atom. The number of ether oxygens (including phenoxy) is 3. The number of fused-ring (bicyclic) bond motifs is 1. The first-order valence-electron chi connectivity index (χ1n) is 11.2. The molecule has 0 aliphatic carbocycles. The van der Waals surface area contributed by atoms with Crippen molar-refractivity contribution in [3.8, 4) is 11.5 Å². The number of morpholine rings is 1. The number of para-hydroxylation sites is 1. The van der Waals surface area contributed by atoms with Gasteiger partial charge in [0.05, 0.1) is 43.2 Å². The van der Waals surface area contributed by atoms with E-state index in [1.165, 1.54) is 5.56 Å². The average Bonchev–Trinajstić information content (AvgIpc) is 3.30. The van der Waals surface area contributed by atoms with Crippen LogP contribution in [0.5, 0.6) is 11.5 Å². The summed E-state index contributed by atoms with van der Waals surface area (Å²) in [5, 5.41) is 0.708. The van der Waals surface area contributed by atoms with Gasteiger partial charge in [-0.3, -0.25) is 14.6 Å². The first-order chi connectivity index (χ1) is 16.0. The molecule has 0 radical (unpaired) electrons. The Labute approximate surface area is 198 Å². The first kappa shape index (κ1) is 23.5. The lowest BCUT2D eigenvalue weighted by Crippen LogP contribution is -2.39. The fourth-order valence-electron chi connectivity index (χ4n) is 4.13. The van der Waals surface area contributed by atoms with Gasteiger partial charge in [-0.15, -0.1) is 0 Å². The molecule has 1 aliphatic rings. The molecule has 3 aromatic rings. The van der Waals surface area contributed by atoms with Crippen LogP contribution in [0.3, 0.4) is 0 Å². The van der Waals surface area contributed by atoms with Crippen LogP contribution in [0.15, 0.2) is 30.3 Å². The Bertz CT molecular complexity index is 1090. The number of aromatic nitrogens is 1. The highest BCUT2D eigenvalue weighted by molar-refractivity contribution is 7.22. The molecule has 176 valence electrons. The number of carbonyl (C=O) groups is 1. The molecule has 1 amide bonds. The Kier molecular flexibility index (Phi) is 7.47. The van der Waals surface area contributed by atoms with Crippen molar-refractivity contribution in [2.45, 2.75) is 20.3 Å². The number of benzene rings is 2. The highest BCUT2D eigenvalue weighted by Gasteiger charge is 2.26. The predicted molar refractivity (Wildman–Crippen MR) is 132 cm³/mol. The number of nitrogens with zero attached hydrogens (tertiary/aromatic N) is 3. The van der Waals surface area contributed by atoms with Gasteiger partial charge < -0.3 is 14.2 Å². The molecular formula is C25H31N3O4S. The second-order valence-corrected chi connectivity index (χ2v) is 9.16. The van der Waals surface area contributed by atoms with Crippen molar-refractivity contribution in [1.29, 1.82) is 0 Å². The molecule has 2 aromatic carbocycles. The van der Waals surface area contributed by atoms with Crippen LogP contribution >= 0.6 is 11.3 Å². The molecule has 33 heavy (non-hydrogen) atoms. The van der Waals surface area contributed by atoms with Gasteiger partial charge in [0.2, 0.25) is 0 Å². The van der Waals surface area contributed by atoms with Crippen molar-refractivity contribution < 1.29 is 19.0 Å². The lowest BCUT2D eigenvalue weighted by atomic mass is 10.1. The van der Waals surface area contributed by atoms with E-state index in [1.807, 2.05) is 6.07 Å². The van der Waals surface area contributed by atoms with Crippen molar-refractivity contribution in [3.63, 3.8) is 0 Å². The fraction of sp³-hybridized carbons (Fsp3) is 0.440. The zero-order chi connectivity index (χ0) is 23.4. The normalized spacial score (nSPS) is 14.4. The Morgan fingerprint density at radius 3 is 2.58 bits per heavy atom. The number of thiazole rings is 1. The summed E-state index contributed by atoms with van der Waals surface area (Å²) in [6, 6.07) is 9.57. The van der Waals surface area contributed by atoms with E-state index in [4.69, 9.17) is 19.2 Å². The third-order valence-corrected chi connectivity index (χ3v) is 7.21. The Morgan fingerprint density at radius 2 is 1.88 bits per heavy atom. The molecule has 1 aromatic heterocycles. The average molecular weight is 470 g/mol. The molecular weight excluding hydrogens is 438 g/mol. The number of methoxy groups -OCH3 is 2. The minimum Gasteiger partial charge on any atom is -0.493 e. The number of amides is 1. The van der Waals surface area contributed by atoms with Gasteiger partial charge in [0, 0.05) is 26.2 Å². The fourth-order valence-corrected chi connectivity index (χ4v) is 5.26. The molecule has 1 aliphatic heterocycles. The van der Waals surface area contributed by atoms with Crippen LogP contribution < -0.4 is 14.4 Å². The third kappa shape index (κ3) is 4.98. The molecule has 0 bridgehead atoms. The molecule has 0 N–H and O–H groups in total. The summed E-state index contributed by atoms with van der Waals surface area (Å²) in [5.41, 5.74) is 3.70. The summed E-state index contributed by atoms with van der Waals surface area (Å²) >= 11 is 1.57. The van der Waals surface area contributed by atoms with Gasteiger partial charge in [-0.25, -0.2) is 4.98 Å². The van der Waals surface area contributed by atoms with Crippen molar-refractivity contribution >= 4 is 32.6 Å². The summed E-state index contributed by atoms with van der Waals surface area (Å²) in [6.07, 6.45) is 0.839. The molecule has 0 unspecified atom stereocenters. The second-order valence-electron chi connectivity index (χ2n) is 8.18. The maximum atomic E-state index is 13.8. The summed E-state index contributed by atoms with van der Waals surface area (Å²) in [4.78, 5) is 22.9. The topological polar surface area (TPSA) is 64.1 Å². The second kappa shape index (κ2) is 10.5. The monoisotopic (exact) mass is 469 g/mol. The first-order valence-corrected chi connectivity index (χ1v) is 12.0. The lowest BCUT2D eigenvalue weighted by Gasteiger charge is -2.28. The van der Waals surface area contributed by atoms with Crippen molar-refractivity contribution in [1.82, 2.24) is 9.88 Å².